The van der Waals surface area contributed by atoms with Crippen molar-refractivity contribution in [3.63, 3.8) is 0 Å². The van der Waals surface area contributed by atoms with Crippen LogP contribution in [-0.2, 0) is 11.8 Å². The molecule has 7 nitrogen and oxygen atoms in total. The number of nitrogens with one attached hydrogen (secondary N) is 2. The highest BCUT2D eigenvalue weighted by molar-refractivity contribution is 9.10. The van der Waals surface area contributed by atoms with Gasteiger partial charge in [-0.25, -0.2) is 4.79 Å². The van der Waals surface area contributed by atoms with E-state index in [1.807, 2.05) is 41.9 Å². The monoisotopic (exact) mass is 404 g/mol. The van der Waals surface area contributed by atoms with Gasteiger partial charge in [-0.3, -0.25) is 14.5 Å². The topological polar surface area (TPSA) is 83.4 Å². The maximum absolute atomic E-state index is 12.4. The summed E-state index contributed by atoms with van der Waals surface area (Å²) in [7, 11) is 1.82. The third kappa shape index (κ3) is 3.43. The van der Waals surface area contributed by atoms with Gasteiger partial charge in [0.1, 0.15) is 5.69 Å². The lowest BCUT2D eigenvalue weighted by Gasteiger charge is -2.13. The van der Waals surface area contributed by atoms with Crippen molar-refractivity contribution in [1.29, 1.82) is 0 Å². The van der Waals surface area contributed by atoms with E-state index >= 15 is 0 Å². The number of hydrogen-bond acceptors (Lipinski definition) is 3. The van der Waals surface area contributed by atoms with Gasteiger partial charge >= 0.3 is 6.03 Å². The van der Waals surface area contributed by atoms with E-state index in [0.29, 0.717) is 5.69 Å². The van der Waals surface area contributed by atoms with Crippen LogP contribution in [0.5, 0.6) is 0 Å². The smallest absolute Gasteiger partial charge is 0.324 e. The van der Waals surface area contributed by atoms with Crippen LogP contribution in [0.1, 0.15) is 10.5 Å². The molecule has 1 saturated heterocycles. The normalized spacial score (nSPS) is 13.9. The Labute approximate surface area is 153 Å². The minimum atomic E-state index is -0.422. The van der Waals surface area contributed by atoms with Crippen LogP contribution in [-0.4, -0.2) is 46.9 Å². The van der Waals surface area contributed by atoms with Crippen molar-refractivity contribution in [1.82, 2.24) is 20.1 Å². The lowest BCUT2D eigenvalue weighted by molar-refractivity contribution is -0.124. The van der Waals surface area contributed by atoms with Crippen LogP contribution in [0.25, 0.3) is 11.3 Å². The van der Waals surface area contributed by atoms with Crippen LogP contribution in [0.4, 0.5) is 4.79 Å². The number of benzene rings is 1. The van der Waals surface area contributed by atoms with Crippen molar-refractivity contribution >= 4 is 33.8 Å². The molecule has 0 atom stereocenters. The van der Waals surface area contributed by atoms with Gasteiger partial charge < -0.3 is 15.2 Å². The minimum Gasteiger partial charge on any atom is -0.349 e. The van der Waals surface area contributed by atoms with E-state index in [1.165, 1.54) is 0 Å². The first-order valence-corrected chi connectivity index (χ1v) is 8.55. The molecule has 1 aliphatic rings. The van der Waals surface area contributed by atoms with E-state index in [0.717, 1.165) is 20.6 Å². The number of carbonyl (C=O) groups excluding carboxylic acids is 3. The first-order chi connectivity index (χ1) is 12.0. The fourth-order valence-corrected chi connectivity index (χ4v) is 3.22. The highest BCUT2D eigenvalue weighted by Crippen LogP contribution is 2.28. The largest absolute Gasteiger partial charge is 0.349 e. The summed E-state index contributed by atoms with van der Waals surface area (Å²) >= 11 is 3.52. The second-order valence-corrected chi connectivity index (χ2v) is 6.46. The third-order valence-corrected chi connectivity index (χ3v) is 4.75. The minimum absolute atomic E-state index is 0.0138. The van der Waals surface area contributed by atoms with Crippen LogP contribution < -0.4 is 10.6 Å². The van der Waals surface area contributed by atoms with Gasteiger partial charge in [-0.05, 0) is 18.2 Å². The summed E-state index contributed by atoms with van der Waals surface area (Å²) in [4.78, 5) is 36.4. The molecule has 0 unspecified atom stereocenters. The predicted molar refractivity (Wildman–Crippen MR) is 96.0 cm³/mol. The molecule has 1 aliphatic heterocycles. The summed E-state index contributed by atoms with van der Waals surface area (Å²) < 4.78 is 2.75. The second-order valence-electron chi connectivity index (χ2n) is 5.60. The Bertz CT molecular complexity index is 830. The highest BCUT2D eigenvalue weighted by atomic mass is 79.9. The molecule has 2 N–H and O–H groups in total. The fraction of sp³-hybridized carbons (Fsp3) is 0.235. The number of amides is 4. The molecule has 3 rings (SSSR count). The Morgan fingerprint density at radius 1 is 1.24 bits per heavy atom. The van der Waals surface area contributed by atoms with Crippen molar-refractivity contribution in [3.05, 3.63) is 46.6 Å². The Morgan fingerprint density at radius 2 is 2.00 bits per heavy atom. The van der Waals surface area contributed by atoms with Crippen LogP contribution in [0.15, 0.2) is 40.9 Å². The Kier molecular flexibility index (Phi) is 4.89. The molecule has 25 heavy (non-hydrogen) atoms. The number of urea groups is 1. The van der Waals surface area contributed by atoms with Crippen molar-refractivity contribution in [2.75, 3.05) is 19.6 Å². The first-order valence-electron chi connectivity index (χ1n) is 7.76. The van der Waals surface area contributed by atoms with Gasteiger partial charge in [0.25, 0.3) is 5.91 Å². The maximum atomic E-state index is 12.4. The van der Waals surface area contributed by atoms with Gasteiger partial charge in [-0.2, -0.15) is 0 Å². The molecule has 1 fully saturated rings. The molecule has 2 aromatic rings. The van der Waals surface area contributed by atoms with Crippen molar-refractivity contribution in [3.8, 4) is 11.3 Å². The molecule has 8 heteroatoms. The number of carbonyl (C=O) groups is 3. The van der Waals surface area contributed by atoms with Crippen LogP contribution in [0.2, 0.25) is 0 Å². The number of rotatable bonds is 5. The molecule has 4 amide bonds. The summed E-state index contributed by atoms with van der Waals surface area (Å²) in [5.74, 6) is -0.540. The molecule has 2 heterocycles. The van der Waals surface area contributed by atoms with Gasteiger partial charge in [0.15, 0.2) is 0 Å². The molecule has 0 radical (unpaired) electrons. The molecule has 0 spiro atoms. The van der Waals surface area contributed by atoms with Gasteiger partial charge in [0, 0.05) is 35.9 Å². The maximum Gasteiger partial charge on any atom is 0.324 e. The third-order valence-electron chi connectivity index (χ3n) is 4.06. The van der Waals surface area contributed by atoms with Gasteiger partial charge in [0.2, 0.25) is 5.91 Å². The van der Waals surface area contributed by atoms with Crippen LogP contribution >= 0.6 is 15.9 Å². The van der Waals surface area contributed by atoms with Crippen molar-refractivity contribution in [2.24, 2.45) is 7.05 Å². The molecular weight excluding hydrogens is 388 g/mol. The molecule has 0 saturated carbocycles. The summed E-state index contributed by atoms with van der Waals surface area (Å²) in [6.45, 7) is 0.366. The molecule has 0 bridgehead atoms. The summed E-state index contributed by atoms with van der Waals surface area (Å²) in [6, 6.07) is 11.0. The average molecular weight is 405 g/mol. The van der Waals surface area contributed by atoms with E-state index in [9.17, 15) is 14.4 Å². The number of imide groups is 1. The van der Waals surface area contributed by atoms with Gasteiger partial charge in [-0.15, -0.1) is 0 Å². The molecule has 1 aromatic heterocycles. The number of hydrogen-bond donors (Lipinski definition) is 2. The van der Waals surface area contributed by atoms with Crippen LogP contribution in [0, 0.1) is 0 Å². The number of nitrogens with zero attached hydrogens (tertiary/aromatic N) is 2. The van der Waals surface area contributed by atoms with E-state index in [1.54, 1.807) is 6.07 Å². The molecule has 1 aromatic carbocycles. The Balaban J connectivity index is 1.66. The van der Waals surface area contributed by atoms with E-state index < -0.39 is 6.03 Å². The second kappa shape index (κ2) is 7.10. The summed E-state index contributed by atoms with van der Waals surface area (Å²) in [6.07, 6.45) is 0. The average Bonchev–Trinajstić information content (AvgIpc) is 3.12. The van der Waals surface area contributed by atoms with E-state index in [2.05, 4.69) is 26.6 Å². The fourth-order valence-electron chi connectivity index (χ4n) is 2.73. The summed E-state index contributed by atoms with van der Waals surface area (Å²) in [5.41, 5.74) is 2.40. The lowest BCUT2D eigenvalue weighted by Crippen LogP contribution is -2.39. The highest BCUT2D eigenvalue weighted by Gasteiger charge is 2.27. The zero-order valence-corrected chi connectivity index (χ0v) is 15.2. The quantitative estimate of drug-likeness (QED) is 0.744. The summed E-state index contributed by atoms with van der Waals surface area (Å²) in [5, 5.41) is 5.18. The van der Waals surface area contributed by atoms with E-state index in [4.69, 9.17) is 0 Å². The zero-order chi connectivity index (χ0) is 18.0. The molecular formula is C17H17BrN4O3. The van der Waals surface area contributed by atoms with Crippen molar-refractivity contribution in [2.45, 2.75) is 0 Å². The predicted octanol–water partition coefficient (Wildman–Crippen LogP) is 1.74. The first kappa shape index (κ1) is 17.2. The Hall–Kier alpha value is -2.61. The molecule has 130 valence electrons. The number of halogens is 1. The van der Waals surface area contributed by atoms with E-state index in [-0.39, 0.29) is 31.4 Å². The number of aromatic nitrogens is 1. The van der Waals surface area contributed by atoms with Gasteiger partial charge in [-0.1, -0.05) is 34.1 Å². The lowest BCUT2D eigenvalue weighted by atomic mass is 10.1. The zero-order valence-electron chi connectivity index (χ0n) is 13.6. The standard InChI is InChI=1S/C17H17BrN4O3/c1-21-13(11-4-2-3-5-12(11)18)6-7-14(21)16(24)19-8-9-22-15(23)10-20-17(22)25/h2-7H,8-10H2,1H3,(H,19,24)(H,20,25). The molecule has 0 aliphatic carbocycles. The SMILES string of the molecule is Cn1c(C(=O)NCCN2C(=O)CNC2=O)ccc1-c1ccccc1Br. The van der Waals surface area contributed by atoms with Crippen LogP contribution in [0.3, 0.4) is 0 Å². The van der Waals surface area contributed by atoms with Crippen molar-refractivity contribution < 1.29 is 14.4 Å². The van der Waals surface area contributed by atoms with Gasteiger partial charge in [0.05, 0.1) is 6.54 Å². The Morgan fingerprint density at radius 3 is 2.68 bits per heavy atom.